The number of nitrogens with zero attached hydrogens (tertiary/aromatic N) is 1. The zero-order valence-corrected chi connectivity index (χ0v) is 11.6. The van der Waals surface area contributed by atoms with Crippen molar-refractivity contribution in [3.05, 3.63) is 0 Å². The van der Waals surface area contributed by atoms with Crippen molar-refractivity contribution >= 4 is 29.5 Å². The first kappa shape index (κ1) is 15.8. The number of rotatable bonds is 6. The molecule has 0 aromatic carbocycles. The van der Waals surface area contributed by atoms with Crippen LogP contribution in [-0.4, -0.2) is 65.0 Å². The van der Waals surface area contributed by atoms with Crippen molar-refractivity contribution < 1.29 is 19.5 Å². The predicted octanol–water partition coefficient (Wildman–Crippen LogP) is -1.13. The van der Waals surface area contributed by atoms with Crippen LogP contribution in [0.15, 0.2) is 0 Å². The topological polar surface area (TPSA) is 113 Å². The first-order valence-electron chi connectivity index (χ1n) is 6.02. The van der Waals surface area contributed by atoms with Crippen LogP contribution in [0.2, 0.25) is 0 Å². The summed E-state index contributed by atoms with van der Waals surface area (Å²) in [6.07, 6.45) is 2.03. The third kappa shape index (κ3) is 4.39. The van der Waals surface area contributed by atoms with Crippen LogP contribution in [0.25, 0.3) is 0 Å². The second kappa shape index (κ2) is 7.34. The van der Waals surface area contributed by atoms with Crippen LogP contribution in [0, 0.1) is 0 Å². The van der Waals surface area contributed by atoms with E-state index in [4.69, 9.17) is 10.8 Å². The fourth-order valence-corrected chi connectivity index (χ4v) is 2.42. The Morgan fingerprint density at radius 3 is 2.89 bits per heavy atom. The molecule has 1 heterocycles. The molecule has 1 aliphatic heterocycles. The van der Waals surface area contributed by atoms with Gasteiger partial charge in [-0.1, -0.05) is 0 Å². The number of piperazine rings is 1. The Balaban J connectivity index is 2.73. The Morgan fingerprint density at radius 2 is 2.32 bits per heavy atom. The van der Waals surface area contributed by atoms with Gasteiger partial charge in [-0.25, -0.2) is 0 Å². The molecule has 0 radical (unpaired) electrons. The molecule has 2 atom stereocenters. The summed E-state index contributed by atoms with van der Waals surface area (Å²) < 4.78 is 0. The minimum atomic E-state index is -1.11. The van der Waals surface area contributed by atoms with E-state index in [0.717, 1.165) is 5.75 Å². The van der Waals surface area contributed by atoms with E-state index in [0.29, 0.717) is 19.5 Å². The summed E-state index contributed by atoms with van der Waals surface area (Å²) in [4.78, 5) is 35.9. The third-order valence-corrected chi connectivity index (χ3v) is 3.58. The second-order valence-corrected chi connectivity index (χ2v) is 5.31. The minimum absolute atomic E-state index is 0.301. The van der Waals surface area contributed by atoms with E-state index in [1.165, 1.54) is 4.90 Å². The van der Waals surface area contributed by atoms with Crippen LogP contribution in [-0.2, 0) is 14.4 Å². The van der Waals surface area contributed by atoms with Crippen molar-refractivity contribution in [3.63, 3.8) is 0 Å². The lowest BCUT2D eigenvalue weighted by Crippen LogP contribution is -2.60. The van der Waals surface area contributed by atoms with Crippen LogP contribution in [0.3, 0.4) is 0 Å². The van der Waals surface area contributed by atoms with Gasteiger partial charge in [0.25, 0.3) is 0 Å². The molecular formula is C11H19N3O4S. The molecular weight excluding hydrogens is 270 g/mol. The highest BCUT2D eigenvalue weighted by atomic mass is 32.2. The minimum Gasteiger partial charge on any atom is -0.481 e. The van der Waals surface area contributed by atoms with Gasteiger partial charge in [0.2, 0.25) is 11.8 Å². The van der Waals surface area contributed by atoms with E-state index in [2.05, 4.69) is 5.32 Å². The summed E-state index contributed by atoms with van der Waals surface area (Å²) in [5.74, 6) is -1.15. The van der Waals surface area contributed by atoms with Gasteiger partial charge in [-0.15, -0.1) is 0 Å². The lowest BCUT2D eigenvalue weighted by Gasteiger charge is -2.35. The normalized spacial score (nSPS) is 20.8. The summed E-state index contributed by atoms with van der Waals surface area (Å²) in [5, 5.41) is 11.4. The van der Waals surface area contributed by atoms with Gasteiger partial charge in [-0.3, -0.25) is 14.4 Å². The highest BCUT2D eigenvalue weighted by Crippen LogP contribution is 2.12. The summed E-state index contributed by atoms with van der Waals surface area (Å²) >= 11 is 1.58. The standard InChI is InChI=1S/C11H19N3O4S/c1-19-5-2-7(12)11(18)14-4-3-13-10(17)8(14)6-9(15)16/h7-8H,2-6,12H2,1H3,(H,13,17)(H,15,16)/t7-,8?/m1/s1. The van der Waals surface area contributed by atoms with E-state index in [9.17, 15) is 14.4 Å². The first-order valence-corrected chi connectivity index (χ1v) is 7.41. The van der Waals surface area contributed by atoms with Gasteiger partial charge >= 0.3 is 5.97 Å². The molecule has 1 aliphatic rings. The average Bonchev–Trinajstić information content (AvgIpc) is 2.37. The van der Waals surface area contributed by atoms with Gasteiger partial charge in [0.1, 0.15) is 6.04 Å². The molecule has 7 nitrogen and oxygen atoms in total. The quantitative estimate of drug-likeness (QED) is 0.570. The van der Waals surface area contributed by atoms with Gasteiger partial charge in [0.15, 0.2) is 0 Å². The Hall–Kier alpha value is -1.28. The molecule has 0 bridgehead atoms. The molecule has 2 amide bonds. The number of nitrogens with one attached hydrogen (secondary N) is 1. The summed E-state index contributed by atoms with van der Waals surface area (Å²) in [5.41, 5.74) is 5.79. The van der Waals surface area contributed by atoms with Gasteiger partial charge in [0, 0.05) is 13.1 Å². The molecule has 0 aromatic heterocycles. The lowest BCUT2D eigenvalue weighted by atomic mass is 10.1. The predicted molar refractivity (Wildman–Crippen MR) is 71.7 cm³/mol. The van der Waals surface area contributed by atoms with E-state index in [1.807, 2.05) is 6.26 Å². The molecule has 4 N–H and O–H groups in total. The van der Waals surface area contributed by atoms with E-state index >= 15 is 0 Å². The maximum absolute atomic E-state index is 12.2. The fourth-order valence-electron chi connectivity index (χ4n) is 1.93. The molecule has 1 saturated heterocycles. The van der Waals surface area contributed by atoms with Crippen molar-refractivity contribution in [3.8, 4) is 0 Å². The Morgan fingerprint density at radius 1 is 1.63 bits per heavy atom. The number of hydrogen-bond acceptors (Lipinski definition) is 5. The van der Waals surface area contributed by atoms with Crippen molar-refractivity contribution in [2.24, 2.45) is 5.73 Å². The third-order valence-electron chi connectivity index (χ3n) is 2.93. The number of carboxylic acid groups (broad SMARTS) is 1. The number of aliphatic carboxylic acids is 1. The molecule has 1 rings (SSSR count). The zero-order valence-electron chi connectivity index (χ0n) is 10.8. The van der Waals surface area contributed by atoms with Gasteiger partial charge < -0.3 is 21.1 Å². The molecule has 1 fully saturated rings. The number of nitrogens with two attached hydrogens (primary N) is 1. The van der Waals surface area contributed by atoms with Crippen molar-refractivity contribution in [2.75, 3.05) is 25.1 Å². The number of hydrogen-bond donors (Lipinski definition) is 3. The Labute approximate surface area is 115 Å². The van der Waals surface area contributed by atoms with Crippen molar-refractivity contribution in [2.45, 2.75) is 24.9 Å². The van der Waals surface area contributed by atoms with Crippen LogP contribution in [0.5, 0.6) is 0 Å². The molecule has 108 valence electrons. The maximum atomic E-state index is 12.2. The number of carbonyl (C=O) groups excluding carboxylic acids is 2. The van der Waals surface area contributed by atoms with Crippen molar-refractivity contribution in [1.82, 2.24) is 10.2 Å². The Bertz CT molecular complexity index is 364. The second-order valence-electron chi connectivity index (χ2n) is 4.32. The number of thioether (sulfide) groups is 1. The lowest BCUT2D eigenvalue weighted by molar-refractivity contribution is -0.149. The van der Waals surface area contributed by atoms with Crippen LogP contribution in [0.1, 0.15) is 12.8 Å². The largest absolute Gasteiger partial charge is 0.481 e. The van der Waals surface area contributed by atoms with Gasteiger partial charge in [0.05, 0.1) is 12.5 Å². The zero-order chi connectivity index (χ0) is 14.4. The Kier molecular flexibility index (Phi) is 6.10. The monoisotopic (exact) mass is 289 g/mol. The average molecular weight is 289 g/mol. The molecule has 0 aromatic rings. The SMILES string of the molecule is CSCC[C@@H](N)C(=O)N1CCNC(=O)C1CC(=O)O. The molecule has 0 spiro atoms. The summed E-state index contributed by atoms with van der Waals surface area (Å²) in [7, 11) is 0. The first-order chi connectivity index (χ1) is 8.97. The summed E-state index contributed by atoms with van der Waals surface area (Å²) in [6.45, 7) is 0.630. The van der Waals surface area contributed by atoms with Crippen LogP contribution < -0.4 is 11.1 Å². The van der Waals surface area contributed by atoms with Crippen LogP contribution >= 0.6 is 11.8 Å². The van der Waals surface area contributed by atoms with Gasteiger partial charge in [-0.05, 0) is 18.4 Å². The fraction of sp³-hybridized carbons (Fsp3) is 0.727. The molecule has 1 unspecified atom stereocenters. The van der Waals surface area contributed by atoms with Crippen molar-refractivity contribution in [1.29, 1.82) is 0 Å². The maximum Gasteiger partial charge on any atom is 0.305 e. The van der Waals surface area contributed by atoms with E-state index in [-0.39, 0.29) is 5.91 Å². The highest BCUT2D eigenvalue weighted by Gasteiger charge is 2.36. The summed E-state index contributed by atoms with van der Waals surface area (Å²) in [6, 6.07) is -1.64. The molecule has 0 aliphatic carbocycles. The van der Waals surface area contributed by atoms with Crippen LogP contribution in [0.4, 0.5) is 0 Å². The van der Waals surface area contributed by atoms with E-state index in [1.54, 1.807) is 11.8 Å². The number of carbonyl (C=O) groups is 3. The highest BCUT2D eigenvalue weighted by molar-refractivity contribution is 7.98. The smallest absolute Gasteiger partial charge is 0.305 e. The molecule has 19 heavy (non-hydrogen) atoms. The number of amides is 2. The van der Waals surface area contributed by atoms with E-state index < -0.39 is 30.4 Å². The van der Waals surface area contributed by atoms with Gasteiger partial charge in [-0.2, -0.15) is 11.8 Å². The molecule has 0 saturated carbocycles. The number of carboxylic acids is 1. The molecule has 8 heteroatoms.